The molecule has 1 aromatic carbocycles. The van der Waals surface area contributed by atoms with E-state index >= 15 is 0 Å². The number of hydrogen-bond donors (Lipinski definition) is 2. The van der Waals surface area contributed by atoms with Gasteiger partial charge in [-0.25, -0.2) is 14.0 Å². The molecule has 0 spiro atoms. The number of nitrogens with one attached hydrogen (secondary N) is 2. The number of piperidine rings is 1. The second kappa shape index (κ2) is 9.96. The second-order valence-electron chi connectivity index (χ2n) is 8.30. The molecule has 2 fully saturated rings. The Hall–Kier alpha value is -3.58. The highest BCUT2D eigenvalue weighted by Crippen LogP contribution is 2.32. The zero-order chi connectivity index (χ0) is 25.2. The maximum Gasteiger partial charge on any atom is 0.573 e. The van der Waals surface area contributed by atoms with Gasteiger partial charge in [0.1, 0.15) is 11.6 Å². The molecule has 0 unspecified atom stereocenters. The highest BCUT2D eigenvalue weighted by molar-refractivity contribution is 5.75. The number of halogens is 4. The molecule has 4 rings (SSSR count). The second-order valence-corrected chi connectivity index (χ2v) is 8.30. The minimum atomic E-state index is -4.93. The number of aromatic nitrogens is 3. The minimum Gasteiger partial charge on any atom is -0.467 e. The van der Waals surface area contributed by atoms with E-state index in [0.717, 1.165) is 37.8 Å². The molecule has 2 aliphatic rings. The van der Waals surface area contributed by atoms with Crippen molar-refractivity contribution in [3.63, 3.8) is 0 Å². The topological polar surface area (TPSA) is 113 Å². The third kappa shape index (κ3) is 6.31. The van der Waals surface area contributed by atoms with Crippen LogP contribution in [-0.4, -0.2) is 64.5 Å². The molecule has 1 aromatic heterocycles. The number of carbonyl (C=O) groups is 1. The Morgan fingerprint density at radius 3 is 2.69 bits per heavy atom. The van der Waals surface area contributed by atoms with Gasteiger partial charge in [0.05, 0.1) is 13.2 Å². The lowest BCUT2D eigenvalue weighted by atomic mass is 10.0. The number of hydrogen-bond acceptors (Lipinski definition) is 7. The molecule has 190 valence electrons. The summed E-state index contributed by atoms with van der Waals surface area (Å²) in [6.45, 7) is 0.829. The van der Waals surface area contributed by atoms with Crippen LogP contribution < -0.4 is 25.4 Å². The van der Waals surface area contributed by atoms with Crippen molar-refractivity contribution in [1.82, 2.24) is 25.2 Å². The number of alkyl halides is 3. The SMILES string of the molecule is COc1nc(N2CCC[C@@H](N(C(=O)NCc3ccc(OC(F)(F)F)cc3F)C3CC3)C2)[nH]c(=O)n1. The van der Waals surface area contributed by atoms with Crippen LogP contribution in [0.4, 0.5) is 28.3 Å². The highest BCUT2D eigenvalue weighted by atomic mass is 19.4. The van der Waals surface area contributed by atoms with Gasteiger partial charge in [0.15, 0.2) is 0 Å². The number of urea groups is 1. The predicted octanol–water partition coefficient (Wildman–Crippen LogP) is 2.55. The van der Waals surface area contributed by atoms with E-state index in [1.807, 2.05) is 4.90 Å². The van der Waals surface area contributed by atoms with Crippen LogP contribution in [0.25, 0.3) is 0 Å². The van der Waals surface area contributed by atoms with Crippen LogP contribution in [0.1, 0.15) is 31.2 Å². The van der Waals surface area contributed by atoms with E-state index < -0.39 is 29.6 Å². The molecule has 10 nitrogen and oxygen atoms in total. The summed E-state index contributed by atoms with van der Waals surface area (Å²) in [5, 5.41) is 2.67. The van der Waals surface area contributed by atoms with Crippen LogP contribution in [-0.2, 0) is 6.54 Å². The summed E-state index contributed by atoms with van der Waals surface area (Å²) in [7, 11) is 1.36. The summed E-state index contributed by atoms with van der Waals surface area (Å²) >= 11 is 0. The highest BCUT2D eigenvalue weighted by Gasteiger charge is 2.39. The quantitative estimate of drug-likeness (QED) is 0.562. The fourth-order valence-corrected chi connectivity index (χ4v) is 4.08. The zero-order valence-corrected chi connectivity index (χ0v) is 18.8. The lowest BCUT2D eigenvalue weighted by Gasteiger charge is -2.39. The Kier molecular flexibility index (Phi) is 6.98. The number of anilines is 1. The largest absolute Gasteiger partial charge is 0.573 e. The van der Waals surface area contributed by atoms with Gasteiger partial charge in [-0.1, -0.05) is 6.07 Å². The number of rotatable bonds is 7. The summed E-state index contributed by atoms with van der Waals surface area (Å²) in [5.41, 5.74) is -0.570. The number of nitrogens with zero attached hydrogens (tertiary/aromatic N) is 4. The number of amides is 2. The third-order valence-electron chi connectivity index (χ3n) is 5.75. The van der Waals surface area contributed by atoms with Gasteiger partial charge in [-0.15, -0.1) is 18.2 Å². The van der Waals surface area contributed by atoms with Crippen LogP contribution in [0.5, 0.6) is 11.8 Å². The van der Waals surface area contributed by atoms with Crippen molar-refractivity contribution in [2.45, 2.75) is 50.7 Å². The predicted molar refractivity (Wildman–Crippen MR) is 115 cm³/mol. The van der Waals surface area contributed by atoms with E-state index in [9.17, 15) is 27.2 Å². The molecule has 35 heavy (non-hydrogen) atoms. The van der Waals surface area contributed by atoms with Crippen LogP contribution >= 0.6 is 0 Å². The Bertz CT molecular complexity index is 1120. The van der Waals surface area contributed by atoms with Crippen LogP contribution in [0.2, 0.25) is 0 Å². The molecule has 1 aliphatic carbocycles. The molecule has 1 aliphatic heterocycles. The molecular formula is C21H24F4N6O4. The molecular weight excluding hydrogens is 476 g/mol. The van der Waals surface area contributed by atoms with E-state index in [4.69, 9.17) is 4.74 Å². The van der Waals surface area contributed by atoms with Gasteiger partial charge in [-0.2, -0.15) is 4.98 Å². The van der Waals surface area contributed by atoms with E-state index in [1.54, 1.807) is 4.90 Å². The van der Waals surface area contributed by atoms with Gasteiger partial charge in [0.25, 0.3) is 0 Å². The molecule has 2 heterocycles. The summed E-state index contributed by atoms with van der Waals surface area (Å²) in [5.74, 6) is -1.30. The van der Waals surface area contributed by atoms with E-state index in [-0.39, 0.29) is 30.2 Å². The number of carbonyl (C=O) groups excluding carboxylic acids is 1. The van der Waals surface area contributed by atoms with Gasteiger partial charge in [-0.3, -0.25) is 4.98 Å². The van der Waals surface area contributed by atoms with E-state index in [0.29, 0.717) is 25.1 Å². The van der Waals surface area contributed by atoms with Crippen molar-refractivity contribution in [2.24, 2.45) is 0 Å². The molecule has 2 N–H and O–H groups in total. The molecule has 1 atom stereocenters. The summed E-state index contributed by atoms with van der Waals surface area (Å²) in [6, 6.07) is 2.15. The van der Waals surface area contributed by atoms with E-state index in [2.05, 4.69) is 25.0 Å². The lowest BCUT2D eigenvalue weighted by molar-refractivity contribution is -0.274. The average molecular weight is 500 g/mol. The van der Waals surface area contributed by atoms with Crippen LogP contribution in [0, 0.1) is 5.82 Å². The van der Waals surface area contributed by atoms with Crippen molar-refractivity contribution in [2.75, 3.05) is 25.1 Å². The van der Waals surface area contributed by atoms with Crippen molar-refractivity contribution >= 4 is 12.0 Å². The van der Waals surface area contributed by atoms with Crippen molar-refractivity contribution in [1.29, 1.82) is 0 Å². The molecule has 2 amide bonds. The van der Waals surface area contributed by atoms with Gasteiger partial charge in [0.2, 0.25) is 5.95 Å². The molecule has 0 radical (unpaired) electrons. The Morgan fingerprint density at radius 1 is 1.26 bits per heavy atom. The summed E-state index contributed by atoms with van der Waals surface area (Å²) < 4.78 is 59.9. The first-order chi connectivity index (χ1) is 16.6. The fraction of sp³-hybridized carbons (Fsp3) is 0.524. The average Bonchev–Trinajstić information content (AvgIpc) is 3.62. The van der Waals surface area contributed by atoms with Crippen molar-refractivity contribution < 1.29 is 31.8 Å². The van der Waals surface area contributed by atoms with Gasteiger partial charge in [-0.05, 0) is 31.7 Å². The standard InChI is InChI=1S/C21H24F4N6O4/c1-34-19-28-17(27-18(32)29-19)30-8-2-3-14(11-30)31(13-5-6-13)20(33)26-10-12-4-7-15(9-16(12)22)35-21(23,24)25/h4,7,9,13-14H,2-3,5-6,8,10-11H2,1H3,(H,26,33)(H,27,28,29,32)/t14-/m1/s1. The molecule has 1 saturated heterocycles. The smallest absolute Gasteiger partial charge is 0.467 e. The first-order valence-corrected chi connectivity index (χ1v) is 11.0. The van der Waals surface area contributed by atoms with Crippen LogP contribution in [0.3, 0.4) is 0 Å². The minimum absolute atomic E-state index is 0.0274. The number of H-pyrrole nitrogens is 1. The molecule has 2 aromatic rings. The Morgan fingerprint density at radius 2 is 2.03 bits per heavy atom. The van der Waals surface area contributed by atoms with Gasteiger partial charge >= 0.3 is 24.1 Å². The summed E-state index contributed by atoms with van der Waals surface area (Å²) in [4.78, 5) is 38.8. The van der Waals surface area contributed by atoms with Crippen LogP contribution in [0.15, 0.2) is 23.0 Å². The first kappa shape index (κ1) is 24.5. The number of methoxy groups -OCH3 is 1. The number of ether oxygens (including phenoxy) is 2. The summed E-state index contributed by atoms with van der Waals surface area (Å²) in [6.07, 6.45) is -1.79. The lowest BCUT2D eigenvalue weighted by Crippen LogP contribution is -2.54. The molecule has 1 saturated carbocycles. The maximum absolute atomic E-state index is 14.3. The van der Waals surface area contributed by atoms with Crippen molar-refractivity contribution in [3.8, 4) is 11.8 Å². The normalized spacial score (nSPS) is 18.2. The van der Waals surface area contributed by atoms with Gasteiger partial charge in [0, 0.05) is 37.3 Å². The Balaban J connectivity index is 1.42. The number of aromatic amines is 1. The number of benzene rings is 1. The third-order valence-corrected chi connectivity index (χ3v) is 5.75. The van der Waals surface area contributed by atoms with Gasteiger partial charge < -0.3 is 24.6 Å². The van der Waals surface area contributed by atoms with Crippen molar-refractivity contribution in [3.05, 3.63) is 40.1 Å². The van der Waals surface area contributed by atoms with E-state index in [1.165, 1.54) is 7.11 Å². The fourth-order valence-electron chi connectivity index (χ4n) is 4.08. The maximum atomic E-state index is 14.3. The molecule has 14 heteroatoms. The Labute approximate surface area is 197 Å². The zero-order valence-electron chi connectivity index (χ0n) is 18.8. The first-order valence-electron chi connectivity index (χ1n) is 11.0. The molecule has 0 bridgehead atoms. The monoisotopic (exact) mass is 500 g/mol.